The van der Waals surface area contributed by atoms with Gasteiger partial charge in [-0.25, -0.2) is 4.68 Å². The van der Waals surface area contributed by atoms with Gasteiger partial charge in [0.25, 0.3) is 0 Å². The fourth-order valence-electron chi connectivity index (χ4n) is 2.32. The first-order valence-electron chi connectivity index (χ1n) is 6.48. The molecule has 1 aromatic heterocycles. The highest BCUT2D eigenvalue weighted by atomic mass is 16.5. The van der Waals surface area contributed by atoms with Crippen LogP contribution in [0.5, 0.6) is 0 Å². The molecule has 0 aliphatic heterocycles. The van der Waals surface area contributed by atoms with Crippen LogP contribution >= 0.6 is 0 Å². The van der Waals surface area contributed by atoms with Crippen molar-refractivity contribution in [2.24, 2.45) is 5.73 Å². The van der Waals surface area contributed by atoms with E-state index in [1.165, 1.54) is 25.0 Å². The third kappa shape index (κ3) is 2.84. The summed E-state index contributed by atoms with van der Waals surface area (Å²) in [4.78, 5) is 0. The molecule has 17 heavy (non-hydrogen) atoms. The van der Waals surface area contributed by atoms with Gasteiger partial charge in [0.1, 0.15) is 0 Å². The lowest BCUT2D eigenvalue weighted by molar-refractivity contribution is 0.187. The Morgan fingerprint density at radius 2 is 2.29 bits per heavy atom. The highest BCUT2D eigenvalue weighted by Crippen LogP contribution is 2.37. The van der Waals surface area contributed by atoms with Crippen molar-refractivity contribution in [1.29, 1.82) is 0 Å². The number of nitrogens with two attached hydrogens (primary N) is 1. The minimum Gasteiger partial charge on any atom is -0.385 e. The summed E-state index contributed by atoms with van der Waals surface area (Å²) >= 11 is 0. The van der Waals surface area contributed by atoms with Gasteiger partial charge in [-0.05, 0) is 25.8 Å². The average Bonchev–Trinajstić information content (AvgIpc) is 2.62. The van der Waals surface area contributed by atoms with Gasteiger partial charge in [-0.3, -0.25) is 0 Å². The zero-order chi connectivity index (χ0) is 12.1. The van der Waals surface area contributed by atoms with Crippen LogP contribution in [0.2, 0.25) is 0 Å². The molecule has 0 unspecified atom stereocenters. The maximum atomic E-state index is 5.62. The average molecular weight is 238 g/mol. The lowest BCUT2D eigenvalue weighted by Crippen LogP contribution is -2.18. The SMILES string of the molecule is COCCCn1nnc(CCN)c1C1CCC1. The van der Waals surface area contributed by atoms with Gasteiger partial charge in [0.05, 0.1) is 11.4 Å². The van der Waals surface area contributed by atoms with Crippen LogP contribution in [0.3, 0.4) is 0 Å². The van der Waals surface area contributed by atoms with Crippen molar-refractivity contribution in [3.05, 3.63) is 11.4 Å². The lowest BCUT2D eigenvalue weighted by atomic mass is 9.81. The first-order valence-corrected chi connectivity index (χ1v) is 6.48. The zero-order valence-corrected chi connectivity index (χ0v) is 10.6. The molecule has 1 saturated carbocycles. The number of hydrogen-bond donors (Lipinski definition) is 1. The van der Waals surface area contributed by atoms with E-state index in [4.69, 9.17) is 10.5 Å². The van der Waals surface area contributed by atoms with Crippen molar-refractivity contribution in [3.8, 4) is 0 Å². The van der Waals surface area contributed by atoms with Crippen LogP contribution in [0.4, 0.5) is 0 Å². The summed E-state index contributed by atoms with van der Waals surface area (Å²) in [6, 6.07) is 0. The van der Waals surface area contributed by atoms with Crippen LogP contribution in [0.1, 0.15) is 43.0 Å². The van der Waals surface area contributed by atoms with Gasteiger partial charge in [-0.1, -0.05) is 11.6 Å². The molecular formula is C12H22N4O. The standard InChI is InChI=1S/C12H22N4O/c1-17-9-3-8-16-12(10-4-2-5-10)11(6-7-13)14-15-16/h10H,2-9,13H2,1H3. The number of aryl methyl sites for hydroxylation is 1. The summed E-state index contributed by atoms with van der Waals surface area (Å²) in [5, 5.41) is 8.54. The Morgan fingerprint density at radius 3 is 2.88 bits per heavy atom. The minimum atomic E-state index is 0.649. The summed E-state index contributed by atoms with van der Waals surface area (Å²) in [5.74, 6) is 0.661. The molecule has 0 saturated heterocycles. The molecule has 0 aromatic carbocycles. The van der Waals surface area contributed by atoms with E-state index in [0.29, 0.717) is 12.5 Å². The second-order valence-corrected chi connectivity index (χ2v) is 4.66. The van der Waals surface area contributed by atoms with Crippen molar-refractivity contribution in [3.63, 3.8) is 0 Å². The van der Waals surface area contributed by atoms with Crippen LogP contribution < -0.4 is 5.73 Å². The highest BCUT2D eigenvalue weighted by Gasteiger charge is 2.27. The van der Waals surface area contributed by atoms with Crippen LogP contribution in [0, 0.1) is 0 Å². The normalized spacial score (nSPS) is 16.1. The zero-order valence-electron chi connectivity index (χ0n) is 10.6. The van der Waals surface area contributed by atoms with E-state index < -0.39 is 0 Å². The molecule has 5 nitrogen and oxygen atoms in total. The lowest BCUT2D eigenvalue weighted by Gasteiger charge is -2.26. The Kier molecular flexibility index (Phi) is 4.50. The van der Waals surface area contributed by atoms with E-state index in [1.807, 2.05) is 0 Å². The smallest absolute Gasteiger partial charge is 0.0874 e. The van der Waals surface area contributed by atoms with Crippen LogP contribution in [-0.2, 0) is 17.7 Å². The molecule has 0 spiro atoms. The van der Waals surface area contributed by atoms with Gasteiger partial charge in [0, 0.05) is 32.6 Å². The number of methoxy groups -OCH3 is 1. The molecule has 1 aliphatic rings. The van der Waals surface area contributed by atoms with Gasteiger partial charge >= 0.3 is 0 Å². The maximum Gasteiger partial charge on any atom is 0.0874 e. The summed E-state index contributed by atoms with van der Waals surface area (Å²) in [5.41, 5.74) is 8.06. The Morgan fingerprint density at radius 1 is 1.47 bits per heavy atom. The minimum absolute atomic E-state index is 0.649. The second-order valence-electron chi connectivity index (χ2n) is 4.66. The molecule has 2 N–H and O–H groups in total. The van der Waals surface area contributed by atoms with E-state index in [1.54, 1.807) is 7.11 Å². The number of rotatable bonds is 7. The Balaban J connectivity index is 2.07. The van der Waals surface area contributed by atoms with Gasteiger partial charge < -0.3 is 10.5 Å². The molecule has 5 heteroatoms. The fraction of sp³-hybridized carbons (Fsp3) is 0.833. The second kappa shape index (κ2) is 6.12. The van der Waals surface area contributed by atoms with E-state index in [2.05, 4.69) is 15.0 Å². The van der Waals surface area contributed by atoms with E-state index in [0.717, 1.165) is 31.7 Å². The summed E-state index contributed by atoms with van der Waals surface area (Å²) < 4.78 is 7.14. The molecular weight excluding hydrogens is 216 g/mol. The maximum absolute atomic E-state index is 5.62. The number of ether oxygens (including phenoxy) is 1. The monoisotopic (exact) mass is 238 g/mol. The molecule has 0 amide bonds. The number of nitrogens with zero attached hydrogens (tertiary/aromatic N) is 3. The van der Waals surface area contributed by atoms with Crippen LogP contribution in [-0.4, -0.2) is 35.3 Å². The number of aromatic nitrogens is 3. The molecule has 2 rings (SSSR count). The Bertz CT molecular complexity index is 346. The molecule has 1 fully saturated rings. The first-order chi connectivity index (χ1) is 8.36. The number of hydrogen-bond acceptors (Lipinski definition) is 4. The van der Waals surface area contributed by atoms with Gasteiger partial charge in [0.2, 0.25) is 0 Å². The molecule has 0 atom stereocenters. The third-order valence-electron chi connectivity index (χ3n) is 3.44. The van der Waals surface area contributed by atoms with E-state index in [-0.39, 0.29) is 0 Å². The van der Waals surface area contributed by atoms with Crippen molar-refractivity contribution >= 4 is 0 Å². The molecule has 0 bridgehead atoms. The summed E-state index contributed by atoms with van der Waals surface area (Å²) in [6.45, 7) is 2.32. The van der Waals surface area contributed by atoms with Crippen molar-refractivity contribution in [2.75, 3.05) is 20.3 Å². The molecule has 0 radical (unpaired) electrons. The molecule has 1 aromatic rings. The van der Waals surface area contributed by atoms with Gasteiger partial charge in [-0.15, -0.1) is 5.10 Å². The molecule has 1 aliphatic carbocycles. The van der Waals surface area contributed by atoms with Crippen molar-refractivity contribution < 1.29 is 4.74 Å². The van der Waals surface area contributed by atoms with E-state index >= 15 is 0 Å². The van der Waals surface area contributed by atoms with E-state index in [9.17, 15) is 0 Å². The molecule has 1 heterocycles. The largest absolute Gasteiger partial charge is 0.385 e. The predicted molar refractivity (Wildman–Crippen MR) is 65.9 cm³/mol. The van der Waals surface area contributed by atoms with Gasteiger partial charge in [0.15, 0.2) is 0 Å². The van der Waals surface area contributed by atoms with Crippen molar-refractivity contribution in [1.82, 2.24) is 15.0 Å². The predicted octanol–water partition coefficient (Wildman–Crippen LogP) is 1.08. The Hall–Kier alpha value is -0.940. The first kappa shape index (κ1) is 12.5. The topological polar surface area (TPSA) is 66.0 Å². The summed E-state index contributed by atoms with van der Waals surface area (Å²) in [6.07, 6.45) is 5.71. The van der Waals surface area contributed by atoms with Crippen molar-refractivity contribution in [2.45, 2.75) is 44.6 Å². The fourth-order valence-corrected chi connectivity index (χ4v) is 2.32. The third-order valence-corrected chi connectivity index (χ3v) is 3.44. The molecule has 96 valence electrons. The van der Waals surface area contributed by atoms with Crippen LogP contribution in [0.15, 0.2) is 0 Å². The highest BCUT2D eigenvalue weighted by molar-refractivity contribution is 5.18. The van der Waals surface area contributed by atoms with Gasteiger partial charge in [-0.2, -0.15) is 0 Å². The quantitative estimate of drug-likeness (QED) is 0.722. The van der Waals surface area contributed by atoms with Crippen LogP contribution in [0.25, 0.3) is 0 Å². The Labute approximate surface area is 102 Å². The summed E-state index contributed by atoms with van der Waals surface area (Å²) in [7, 11) is 1.73.